The summed E-state index contributed by atoms with van der Waals surface area (Å²) in [7, 11) is 0. The Kier molecular flexibility index (Phi) is 2.86. The molecule has 4 nitrogen and oxygen atoms in total. The number of hydrogen-bond acceptors (Lipinski definition) is 5. The number of fused-ring (bicyclic) bond motifs is 1. The molecule has 1 aliphatic heterocycles. The molecule has 3 rings (SSSR count). The van der Waals surface area contributed by atoms with E-state index in [1.54, 1.807) is 11.3 Å². The highest BCUT2D eigenvalue weighted by molar-refractivity contribution is 7.09. The summed E-state index contributed by atoms with van der Waals surface area (Å²) >= 11 is 1.66. The Morgan fingerprint density at radius 1 is 1.26 bits per heavy atom. The third kappa shape index (κ3) is 2.51. The Balaban J connectivity index is 1.72. The van der Waals surface area contributed by atoms with Gasteiger partial charge in [0, 0.05) is 30.5 Å². The van der Waals surface area contributed by atoms with Crippen molar-refractivity contribution < 1.29 is 9.47 Å². The largest absolute Gasteiger partial charge is 0.449 e. The maximum absolute atomic E-state index is 5.72. The van der Waals surface area contributed by atoms with Gasteiger partial charge in [0.25, 0.3) is 0 Å². The van der Waals surface area contributed by atoms with Crippen LogP contribution in [0.2, 0.25) is 0 Å². The molecule has 0 aliphatic carbocycles. The minimum absolute atomic E-state index is 0.574. The second-order valence-corrected chi connectivity index (χ2v) is 5.92. The van der Waals surface area contributed by atoms with Gasteiger partial charge in [0.05, 0.1) is 17.7 Å². The number of anilines is 1. The molecule has 0 saturated heterocycles. The van der Waals surface area contributed by atoms with Crippen molar-refractivity contribution in [1.82, 2.24) is 4.98 Å². The number of aryl methyl sites for hydroxylation is 1. The van der Waals surface area contributed by atoms with Crippen molar-refractivity contribution in [3.8, 4) is 11.5 Å². The molecule has 0 saturated carbocycles. The van der Waals surface area contributed by atoms with E-state index in [1.807, 2.05) is 44.5 Å². The van der Waals surface area contributed by atoms with Crippen LogP contribution >= 0.6 is 11.3 Å². The molecule has 0 amide bonds. The van der Waals surface area contributed by atoms with Crippen LogP contribution in [0, 0.1) is 6.92 Å². The first-order valence-electron chi connectivity index (χ1n) is 6.18. The van der Waals surface area contributed by atoms with Crippen molar-refractivity contribution in [2.45, 2.75) is 33.1 Å². The number of aromatic nitrogens is 1. The van der Waals surface area contributed by atoms with Crippen molar-refractivity contribution in [3.63, 3.8) is 0 Å². The predicted octanol–water partition coefficient (Wildman–Crippen LogP) is 3.57. The lowest BCUT2D eigenvalue weighted by atomic mass is 10.2. The summed E-state index contributed by atoms with van der Waals surface area (Å²) in [4.78, 5) is 5.49. The zero-order valence-corrected chi connectivity index (χ0v) is 12.0. The molecule has 1 aromatic heterocycles. The van der Waals surface area contributed by atoms with Crippen LogP contribution < -0.4 is 14.8 Å². The molecule has 5 heteroatoms. The van der Waals surface area contributed by atoms with Gasteiger partial charge in [-0.2, -0.15) is 0 Å². The molecule has 2 heterocycles. The van der Waals surface area contributed by atoms with E-state index in [0.29, 0.717) is 0 Å². The summed E-state index contributed by atoms with van der Waals surface area (Å²) in [5, 5.41) is 3.38. The first kappa shape index (κ1) is 12.3. The summed E-state index contributed by atoms with van der Waals surface area (Å²) < 4.78 is 11.4. The number of ether oxygens (including phenoxy) is 2. The van der Waals surface area contributed by atoms with E-state index in [4.69, 9.17) is 9.47 Å². The lowest BCUT2D eigenvalue weighted by Gasteiger charge is -2.16. The molecule has 2 aromatic rings. The lowest BCUT2D eigenvalue weighted by molar-refractivity contribution is -0.0431. The van der Waals surface area contributed by atoms with Gasteiger partial charge >= 0.3 is 0 Å². The molecule has 1 N–H and O–H groups in total. The smallest absolute Gasteiger partial charge is 0.246 e. The van der Waals surface area contributed by atoms with Crippen LogP contribution in [-0.2, 0) is 6.54 Å². The fraction of sp³-hybridized carbons (Fsp3) is 0.357. The van der Waals surface area contributed by atoms with Crippen LogP contribution in [0.1, 0.15) is 24.4 Å². The predicted molar refractivity (Wildman–Crippen MR) is 76.0 cm³/mol. The van der Waals surface area contributed by atoms with Gasteiger partial charge in [-0.25, -0.2) is 4.98 Å². The van der Waals surface area contributed by atoms with Crippen molar-refractivity contribution in [2.75, 3.05) is 5.32 Å². The van der Waals surface area contributed by atoms with Crippen LogP contribution in [0.4, 0.5) is 5.69 Å². The average molecular weight is 276 g/mol. The van der Waals surface area contributed by atoms with Crippen LogP contribution in [-0.4, -0.2) is 10.8 Å². The number of thiazole rings is 1. The Labute approximate surface area is 116 Å². The van der Waals surface area contributed by atoms with E-state index >= 15 is 0 Å². The zero-order chi connectivity index (χ0) is 13.5. The minimum atomic E-state index is -0.574. The van der Waals surface area contributed by atoms with Crippen molar-refractivity contribution in [1.29, 1.82) is 0 Å². The van der Waals surface area contributed by atoms with Gasteiger partial charge in [-0.1, -0.05) is 0 Å². The first-order valence-corrected chi connectivity index (χ1v) is 7.06. The minimum Gasteiger partial charge on any atom is -0.449 e. The molecule has 0 bridgehead atoms. The summed E-state index contributed by atoms with van der Waals surface area (Å²) in [5.74, 6) is 1.01. The maximum Gasteiger partial charge on any atom is 0.246 e. The normalized spacial score (nSPS) is 15.5. The van der Waals surface area contributed by atoms with Crippen molar-refractivity contribution in [3.05, 3.63) is 34.3 Å². The monoisotopic (exact) mass is 276 g/mol. The number of rotatable bonds is 3. The highest BCUT2D eigenvalue weighted by Gasteiger charge is 2.31. The third-order valence-corrected chi connectivity index (χ3v) is 3.89. The highest BCUT2D eigenvalue weighted by Crippen LogP contribution is 2.40. The molecule has 1 aromatic carbocycles. The summed E-state index contributed by atoms with van der Waals surface area (Å²) in [6, 6.07) is 5.91. The Bertz CT molecular complexity index is 607. The van der Waals surface area contributed by atoms with E-state index in [0.717, 1.165) is 29.4 Å². The third-order valence-electron chi connectivity index (χ3n) is 2.95. The van der Waals surface area contributed by atoms with Gasteiger partial charge in [0.1, 0.15) is 0 Å². The molecular weight excluding hydrogens is 260 g/mol. The second kappa shape index (κ2) is 4.42. The van der Waals surface area contributed by atoms with E-state index in [1.165, 1.54) is 4.88 Å². The second-order valence-electron chi connectivity index (χ2n) is 4.98. The van der Waals surface area contributed by atoms with E-state index in [9.17, 15) is 0 Å². The molecule has 19 heavy (non-hydrogen) atoms. The highest BCUT2D eigenvalue weighted by atomic mass is 32.1. The van der Waals surface area contributed by atoms with Gasteiger partial charge in [0.2, 0.25) is 5.79 Å². The summed E-state index contributed by atoms with van der Waals surface area (Å²) in [6.07, 6.45) is 0. The zero-order valence-electron chi connectivity index (χ0n) is 11.2. The standard InChI is InChI=1S/C14H16N2O2S/c1-9-13(19-8-16-9)7-15-10-4-5-11-12(6-10)18-14(2,3)17-11/h4-6,8,15H,7H2,1-3H3. The van der Waals surface area contributed by atoms with Crippen LogP contribution in [0.25, 0.3) is 0 Å². The Morgan fingerprint density at radius 3 is 2.79 bits per heavy atom. The number of nitrogens with one attached hydrogen (secondary N) is 1. The van der Waals surface area contributed by atoms with Crippen molar-refractivity contribution in [2.24, 2.45) is 0 Å². The van der Waals surface area contributed by atoms with Gasteiger partial charge < -0.3 is 14.8 Å². The lowest BCUT2D eigenvalue weighted by Crippen LogP contribution is -2.29. The SMILES string of the molecule is Cc1ncsc1CNc1ccc2c(c1)OC(C)(C)O2. The van der Waals surface area contributed by atoms with Gasteiger partial charge in [0.15, 0.2) is 11.5 Å². The average Bonchev–Trinajstić information content (AvgIpc) is 2.87. The van der Waals surface area contributed by atoms with E-state index in [-0.39, 0.29) is 0 Å². The molecule has 100 valence electrons. The van der Waals surface area contributed by atoms with Gasteiger partial charge in [-0.05, 0) is 19.1 Å². The number of nitrogens with zero attached hydrogens (tertiary/aromatic N) is 1. The molecule has 0 unspecified atom stereocenters. The van der Waals surface area contributed by atoms with Gasteiger partial charge in [-0.15, -0.1) is 11.3 Å². The molecule has 1 aliphatic rings. The fourth-order valence-electron chi connectivity index (χ4n) is 2.01. The molecule has 0 atom stereocenters. The Morgan fingerprint density at radius 2 is 2.05 bits per heavy atom. The fourth-order valence-corrected chi connectivity index (χ4v) is 2.73. The quantitative estimate of drug-likeness (QED) is 0.930. The van der Waals surface area contributed by atoms with Gasteiger partial charge in [-0.3, -0.25) is 0 Å². The van der Waals surface area contributed by atoms with E-state index in [2.05, 4.69) is 10.3 Å². The number of hydrogen-bond donors (Lipinski definition) is 1. The first-order chi connectivity index (χ1) is 9.03. The number of benzene rings is 1. The van der Waals surface area contributed by atoms with Crippen LogP contribution in [0.5, 0.6) is 11.5 Å². The van der Waals surface area contributed by atoms with Crippen molar-refractivity contribution >= 4 is 17.0 Å². The topological polar surface area (TPSA) is 43.4 Å². The van der Waals surface area contributed by atoms with E-state index < -0.39 is 5.79 Å². The summed E-state index contributed by atoms with van der Waals surface area (Å²) in [6.45, 7) is 6.61. The molecule has 0 fully saturated rings. The van der Waals surface area contributed by atoms with Crippen LogP contribution in [0.3, 0.4) is 0 Å². The Hall–Kier alpha value is -1.75. The molecule has 0 spiro atoms. The molecular formula is C14H16N2O2S. The molecule has 0 radical (unpaired) electrons. The van der Waals surface area contributed by atoms with Crippen LogP contribution in [0.15, 0.2) is 23.7 Å². The maximum atomic E-state index is 5.72. The summed E-state index contributed by atoms with van der Waals surface area (Å²) in [5.41, 5.74) is 3.97.